The quantitative estimate of drug-likeness (QED) is 0.431. The van der Waals surface area contributed by atoms with Crippen molar-refractivity contribution in [3.8, 4) is 5.75 Å². The van der Waals surface area contributed by atoms with Gasteiger partial charge in [-0.05, 0) is 30.2 Å². The summed E-state index contributed by atoms with van der Waals surface area (Å²) < 4.78 is 5.78. The molecule has 4 nitrogen and oxygen atoms in total. The van der Waals surface area contributed by atoms with Gasteiger partial charge in [0.15, 0.2) is 0 Å². The fourth-order valence-electron chi connectivity index (χ4n) is 3.23. The van der Waals surface area contributed by atoms with Crippen molar-refractivity contribution in [2.75, 3.05) is 0 Å². The van der Waals surface area contributed by atoms with E-state index in [0.717, 1.165) is 21.9 Å². The van der Waals surface area contributed by atoms with E-state index in [9.17, 15) is 4.79 Å². The number of hydrogen-bond donors (Lipinski definition) is 1. The second-order valence-corrected chi connectivity index (χ2v) is 7.94. The van der Waals surface area contributed by atoms with E-state index < -0.39 is 0 Å². The van der Waals surface area contributed by atoms with Gasteiger partial charge in [-0.15, -0.1) is 11.3 Å². The van der Waals surface area contributed by atoms with Crippen molar-refractivity contribution in [1.82, 2.24) is 10.3 Å². The number of thiazole rings is 1. The number of nitrogens with zero attached hydrogens (tertiary/aromatic N) is 1. The average Bonchev–Trinajstić information content (AvgIpc) is 3.18. The molecule has 3 aromatic carbocycles. The number of aromatic nitrogens is 1. The first-order chi connectivity index (χ1) is 14.7. The van der Waals surface area contributed by atoms with E-state index in [2.05, 4.69) is 10.3 Å². The lowest BCUT2D eigenvalue weighted by Gasteiger charge is -2.19. The molecular weight excluding hydrogens is 392 g/mol. The van der Waals surface area contributed by atoms with Crippen molar-refractivity contribution in [3.63, 3.8) is 0 Å². The van der Waals surface area contributed by atoms with Crippen LogP contribution in [-0.2, 0) is 6.61 Å². The molecular formula is C25H22N2O2S. The Bertz CT molecular complexity index is 1060. The summed E-state index contributed by atoms with van der Waals surface area (Å²) in [6.07, 6.45) is 0. The highest BCUT2D eigenvalue weighted by Gasteiger charge is 2.21. The highest BCUT2D eigenvalue weighted by molar-refractivity contribution is 7.13. The number of amides is 1. The van der Waals surface area contributed by atoms with Crippen molar-refractivity contribution in [2.45, 2.75) is 19.6 Å². The fraction of sp³-hybridized carbons (Fsp3) is 0.120. The van der Waals surface area contributed by atoms with Crippen LogP contribution < -0.4 is 10.1 Å². The van der Waals surface area contributed by atoms with Crippen molar-refractivity contribution < 1.29 is 9.53 Å². The maximum absolute atomic E-state index is 13.1. The molecule has 4 rings (SSSR count). The monoisotopic (exact) mass is 414 g/mol. The molecule has 0 aliphatic heterocycles. The van der Waals surface area contributed by atoms with Gasteiger partial charge in [0.1, 0.15) is 22.2 Å². The van der Waals surface area contributed by atoms with Crippen LogP contribution in [0.25, 0.3) is 0 Å². The minimum absolute atomic E-state index is 0.131. The summed E-state index contributed by atoms with van der Waals surface area (Å²) in [5, 5.41) is 3.96. The highest BCUT2D eigenvalue weighted by atomic mass is 32.1. The lowest BCUT2D eigenvalue weighted by atomic mass is 9.98. The minimum atomic E-state index is -0.231. The maximum Gasteiger partial charge on any atom is 0.264 e. The van der Waals surface area contributed by atoms with Gasteiger partial charge >= 0.3 is 0 Å². The Morgan fingerprint density at radius 1 is 0.900 bits per heavy atom. The second-order valence-electron chi connectivity index (χ2n) is 6.85. The number of rotatable bonds is 7. The Morgan fingerprint density at radius 3 is 2.00 bits per heavy atom. The molecule has 0 bridgehead atoms. The van der Waals surface area contributed by atoms with Gasteiger partial charge in [-0.3, -0.25) is 4.79 Å². The number of ether oxygens (including phenoxy) is 1. The number of para-hydroxylation sites is 1. The van der Waals surface area contributed by atoms with Crippen molar-refractivity contribution in [3.05, 3.63) is 118 Å². The van der Waals surface area contributed by atoms with Crippen molar-refractivity contribution in [2.24, 2.45) is 0 Å². The average molecular weight is 415 g/mol. The molecule has 5 heteroatoms. The molecule has 0 atom stereocenters. The van der Waals surface area contributed by atoms with Gasteiger partial charge in [-0.1, -0.05) is 78.9 Å². The number of nitrogens with one attached hydrogen (secondary N) is 1. The summed E-state index contributed by atoms with van der Waals surface area (Å²) in [5.41, 5.74) is 2.78. The van der Waals surface area contributed by atoms with Gasteiger partial charge in [0.05, 0.1) is 11.7 Å². The third kappa shape index (κ3) is 4.75. The second kappa shape index (κ2) is 9.37. The number of carbonyl (C=O) groups is 1. The molecule has 0 unspecified atom stereocenters. The van der Waals surface area contributed by atoms with Crippen LogP contribution in [0.4, 0.5) is 0 Å². The van der Waals surface area contributed by atoms with E-state index in [1.807, 2.05) is 97.9 Å². The predicted octanol–water partition coefficient (Wildman–Crippen LogP) is 5.55. The Balaban J connectivity index is 1.52. The zero-order valence-electron chi connectivity index (χ0n) is 16.6. The Morgan fingerprint density at radius 2 is 1.43 bits per heavy atom. The molecule has 0 spiro atoms. The van der Waals surface area contributed by atoms with E-state index >= 15 is 0 Å². The minimum Gasteiger partial charge on any atom is -0.486 e. The van der Waals surface area contributed by atoms with Gasteiger partial charge in [0.25, 0.3) is 5.91 Å². The largest absolute Gasteiger partial charge is 0.486 e. The fourth-order valence-corrected chi connectivity index (χ4v) is 4.11. The van der Waals surface area contributed by atoms with E-state index in [1.165, 1.54) is 11.3 Å². The Kier molecular flexibility index (Phi) is 6.20. The van der Waals surface area contributed by atoms with E-state index in [-0.39, 0.29) is 11.9 Å². The van der Waals surface area contributed by atoms with Gasteiger partial charge in [-0.25, -0.2) is 4.98 Å². The molecule has 0 radical (unpaired) electrons. The van der Waals surface area contributed by atoms with Gasteiger partial charge < -0.3 is 10.1 Å². The lowest BCUT2D eigenvalue weighted by molar-refractivity contribution is 0.0946. The SMILES string of the molecule is Cc1nc(COc2ccccc2)sc1C(=O)NC(c1ccccc1)c1ccccc1. The topological polar surface area (TPSA) is 51.2 Å². The summed E-state index contributed by atoms with van der Waals surface area (Å²) in [7, 11) is 0. The van der Waals surface area contributed by atoms with Gasteiger partial charge in [0, 0.05) is 0 Å². The van der Waals surface area contributed by atoms with Gasteiger partial charge in [0.2, 0.25) is 0 Å². The van der Waals surface area contributed by atoms with Crippen LogP contribution >= 0.6 is 11.3 Å². The number of hydrogen-bond acceptors (Lipinski definition) is 4. The molecule has 0 aliphatic rings. The maximum atomic E-state index is 13.1. The Labute approximate surface area is 180 Å². The van der Waals surface area contributed by atoms with Crippen LogP contribution in [-0.4, -0.2) is 10.9 Å². The van der Waals surface area contributed by atoms with E-state index in [4.69, 9.17) is 4.74 Å². The molecule has 1 amide bonds. The van der Waals surface area contributed by atoms with Crippen LogP contribution in [0.1, 0.15) is 37.5 Å². The molecule has 0 saturated carbocycles. The summed E-state index contributed by atoms with van der Waals surface area (Å²) in [4.78, 5) is 18.3. The molecule has 4 aromatic rings. The normalized spacial score (nSPS) is 10.7. The molecule has 0 saturated heterocycles. The zero-order chi connectivity index (χ0) is 20.8. The number of benzene rings is 3. The molecule has 150 valence electrons. The van der Waals surface area contributed by atoms with Gasteiger partial charge in [-0.2, -0.15) is 0 Å². The van der Waals surface area contributed by atoms with Crippen LogP contribution in [0, 0.1) is 6.92 Å². The highest BCUT2D eigenvalue weighted by Crippen LogP contribution is 2.25. The molecule has 1 heterocycles. The van der Waals surface area contributed by atoms with E-state index in [0.29, 0.717) is 17.2 Å². The molecule has 1 aromatic heterocycles. The molecule has 0 aliphatic carbocycles. The number of aryl methyl sites for hydroxylation is 1. The Hall–Kier alpha value is -3.44. The van der Waals surface area contributed by atoms with Crippen molar-refractivity contribution >= 4 is 17.2 Å². The predicted molar refractivity (Wildman–Crippen MR) is 120 cm³/mol. The smallest absolute Gasteiger partial charge is 0.264 e. The summed E-state index contributed by atoms with van der Waals surface area (Å²) >= 11 is 1.37. The molecule has 0 fully saturated rings. The standard InChI is InChI=1S/C25H22N2O2S/c1-18-24(30-22(26-18)17-29-21-15-9-4-10-16-21)25(28)27-23(19-11-5-2-6-12-19)20-13-7-3-8-14-20/h2-16,23H,17H2,1H3,(H,27,28). The third-order valence-corrected chi connectivity index (χ3v) is 5.82. The van der Waals surface area contributed by atoms with Crippen LogP contribution in [0.2, 0.25) is 0 Å². The first kappa shape index (κ1) is 19.9. The molecule has 30 heavy (non-hydrogen) atoms. The van der Waals surface area contributed by atoms with Crippen LogP contribution in [0.3, 0.4) is 0 Å². The summed E-state index contributed by atoms with van der Waals surface area (Å²) in [6.45, 7) is 2.20. The third-order valence-electron chi connectivity index (χ3n) is 4.69. The van der Waals surface area contributed by atoms with Crippen molar-refractivity contribution in [1.29, 1.82) is 0 Å². The first-order valence-corrected chi connectivity index (χ1v) is 10.6. The zero-order valence-corrected chi connectivity index (χ0v) is 17.4. The number of carbonyl (C=O) groups excluding carboxylic acids is 1. The lowest BCUT2D eigenvalue weighted by Crippen LogP contribution is -2.29. The summed E-state index contributed by atoms with van der Waals surface area (Å²) in [5.74, 6) is 0.651. The summed E-state index contributed by atoms with van der Waals surface area (Å²) in [6, 6.07) is 29.3. The van der Waals surface area contributed by atoms with Crippen LogP contribution in [0.5, 0.6) is 5.75 Å². The van der Waals surface area contributed by atoms with E-state index in [1.54, 1.807) is 0 Å². The first-order valence-electron chi connectivity index (χ1n) is 9.75. The molecule has 1 N–H and O–H groups in total. The van der Waals surface area contributed by atoms with Crippen LogP contribution in [0.15, 0.2) is 91.0 Å².